The minimum Gasteiger partial charge on any atom is -0.469 e. The molecular formula is C19H34O6. The summed E-state index contributed by atoms with van der Waals surface area (Å²) in [4.78, 5) is 12.0. The van der Waals surface area contributed by atoms with E-state index in [1.807, 2.05) is 20.8 Å². The van der Waals surface area contributed by atoms with Crippen LogP contribution in [0.25, 0.3) is 0 Å². The van der Waals surface area contributed by atoms with Gasteiger partial charge in [-0.15, -0.1) is 0 Å². The molecule has 0 spiro atoms. The molecule has 0 aromatic rings. The fraction of sp³-hybridized carbons (Fsp3) is 0.842. The molecule has 1 heterocycles. The molecule has 0 aliphatic carbocycles. The van der Waals surface area contributed by atoms with Crippen LogP contribution in [0.2, 0.25) is 0 Å². The lowest BCUT2D eigenvalue weighted by Crippen LogP contribution is -2.55. The first-order valence-corrected chi connectivity index (χ1v) is 8.91. The Hall–Kier alpha value is -0.950. The highest BCUT2D eigenvalue weighted by atomic mass is 16.7. The molecule has 1 fully saturated rings. The van der Waals surface area contributed by atoms with Crippen molar-refractivity contribution in [1.29, 1.82) is 0 Å². The Kier molecular flexibility index (Phi) is 8.06. The Labute approximate surface area is 151 Å². The molecule has 6 nitrogen and oxygen atoms in total. The van der Waals surface area contributed by atoms with Crippen LogP contribution in [-0.2, 0) is 19.0 Å². The molecule has 0 bridgehead atoms. The van der Waals surface area contributed by atoms with E-state index in [-0.39, 0.29) is 18.7 Å². The van der Waals surface area contributed by atoms with Gasteiger partial charge in [0, 0.05) is 25.6 Å². The Morgan fingerprint density at radius 2 is 2.08 bits per heavy atom. The molecule has 0 aromatic heterocycles. The van der Waals surface area contributed by atoms with Crippen LogP contribution in [0.5, 0.6) is 0 Å². The maximum Gasteiger partial charge on any atom is 0.313 e. The average molecular weight is 358 g/mol. The first kappa shape index (κ1) is 22.1. The number of hydrogen-bond acceptors (Lipinski definition) is 6. The number of carbonyl (C=O) groups is 1. The van der Waals surface area contributed by atoms with Crippen molar-refractivity contribution in [2.45, 2.75) is 71.4 Å². The van der Waals surface area contributed by atoms with Crippen molar-refractivity contribution in [3.05, 3.63) is 11.6 Å². The standard InChI is InChI=1S/C19H34O6/c1-13(9-11-20)12-15(21)18(3,4)16-8-7-10-19(24-6,25-16)14(2)17(22)23-5/h12,14-16,20-21H,7-11H2,1-6H3/b13-12+/t14?,15?,16-,19+/m1/s1. The molecular weight excluding hydrogens is 324 g/mol. The molecule has 1 aliphatic rings. The summed E-state index contributed by atoms with van der Waals surface area (Å²) in [6, 6.07) is 0. The van der Waals surface area contributed by atoms with Crippen molar-refractivity contribution in [2.75, 3.05) is 20.8 Å². The average Bonchev–Trinajstić information content (AvgIpc) is 2.60. The predicted molar refractivity (Wildman–Crippen MR) is 94.9 cm³/mol. The normalized spacial score (nSPS) is 27.7. The highest BCUT2D eigenvalue weighted by Gasteiger charge is 2.50. The summed E-state index contributed by atoms with van der Waals surface area (Å²) in [5, 5.41) is 19.7. The third-order valence-electron chi connectivity index (χ3n) is 5.43. The van der Waals surface area contributed by atoms with Crippen LogP contribution in [-0.4, -0.2) is 55.0 Å². The fourth-order valence-corrected chi connectivity index (χ4v) is 3.35. The summed E-state index contributed by atoms with van der Waals surface area (Å²) >= 11 is 0. The molecule has 25 heavy (non-hydrogen) atoms. The number of rotatable bonds is 8. The van der Waals surface area contributed by atoms with E-state index < -0.39 is 23.2 Å². The quantitative estimate of drug-likeness (QED) is 0.512. The van der Waals surface area contributed by atoms with E-state index in [9.17, 15) is 9.90 Å². The number of esters is 1. The molecule has 0 saturated carbocycles. The molecule has 0 radical (unpaired) electrons. The van der Waals surface area contributed by atoms with Crippen molar-refractivity contribution in [2.24, 2.45) is 11.3 Å². The van der Waals surface area contributed by atoms with E-state index in [0.717, 1.165) is 18.4 Å². The second-order valence-electron chi connectivity index (χ2n) is 7.51. The number of aliphatic hydroxyl groups excluding tert-OH is 2. The molecule has 1 rings (SSSR count). The maximum absolute atomic E-state index is 12.0. The highest BCUT2D eigenvalue weighted by molar-refractivity contribution is 5.73. The van der Waals surface area contributed by atoms with Crippen LogP contribution >= 0.6 is 0 Å². The van der Waals surface area contributed by atoms with Crippen LogP contribution in [0.3, 0.4) is 0 Å². The molecule has 0 amide bonds. The maximum atomic E-state index is 12.0. The summed E-state index contributed by atoms with van der Waals surface area (Å²) in [7, 11) is 2.89. The summed E-state index contributed by atoms with van der Waals surface area (Å²) in [5.41, 5.74) is 0.358. The minimum atomic E-state index is -1.04. The van der Waals surface area contributed by atoms with E-state index in [1.165, 1.54) is 14.2 Å². The molecule has 4 atom stereocenters. The van der Waals surface area contributed by atoms with Gasteiger partial charge in [0.05, 0.1) is 19.3 Å². The van der Waals surface area contributed by atoms with Crippen molar-refractivity contribution in [3.63, 3.8) is 0 Å². The summed E-state index contributed by atoms with van der Waals surface area (Å²) in [6.45, 7) is 7.57. The molecule has 0 aromatic carbocycles. The summed E-state index contributed by atoms with van der Waals surface area (Å²) in [5.74, 6) is -1.99. The summed E-state index contributed by atoms with van der Waals surface area (Å²) < 4.78 is 16.8. The third kappa shape index (κ3) is 5.03. The van der Waals surface area contributed by atoms with Gasteiger partial charge < -0.3 is 24.4 Å². The van der Waals surface area contributed by atoms with E-state index in [2.05, 4.69) is 0 Å². The van der Waals surface area contributed by atoms with Gasteiger partial charge in [0.15, 0.2) is 5.79 Å². The summed E-state index contributed by atoms with van der Waals surface area (Å²) in [6.07, 6.45) is 3.49. The van der Waals surface area contributed by atoms with Crippen LogP contribution in [0.4, 0.5) is 0 Å². The highest BCUT2D eigenvalue weighted by Crippen LogP contribution is 2.43. The number of hydrogen-bond donors (Lipinski definition) is 2. The van der Waals surface area contributed by atoms with Crippen molar-refractivity contribution in [1.82, 2.24) is 0 Å². The van der Waals surface area contributed by atoms with Crippen molar-refractivity contribution in [3.8, 4) is 0 Å². The topological polar surface area (TPSA) is 85.2 Å². The van der Waals surface area contributed by atoms with Gasteiger partial charge in [-0.05, 0) is 33.1 Å². The Balaban J connectivity index is 3.00. The second-order valence-corrected chi connectivity index (χ2v) is 7.51. The predicted octanol–water partition coefficient (Wildman–Crippen LogP) is 2.42. The lowest BCUT2D eigenvalue weighted by Gasteiger charge is -2.48. The molecule has 1 aliphatic heterocycles. The first-order valence-electron chi connectivity index (χ1n) is 8.91. The lowest BCUT2D eigenvalue weighted by molar-refractivity contribution is -0.310. The zero-order chi connectivity index (χ0) is 19.3. The fourth-order valence-electron chi connectivity index (χ4n) is 3.35. The Morgan fingerprint density at radius 3 is 2.60 bits per heavy atom. The Bertz CT molecular complexity index is 473. The van der Waals surface area contributed by atoms with Crippen LogP contribution in [0.15, 0.2) is 11.6 Å². The van der Waals surface area contributed by atoms with E-state index in [0.29, 0.717) is 12.8 Å². The number of carbonyl (C=O) groups excluding carboxylic acids is 1. The third-order valence-corrected chi connectivity index (χ3v) is 5.43. The number of aliphatic hydroxyl groups is 2. The first-order chi connectivity index (χ1) is 11.6. The van der Waals surface area contributed by atoms with E-state index in [1.54, 1.807) is 13.0 Å². The van der Waals surface area contributed by atoms with Gasteiger partial charge in [0.25, 0.3) is 0 Å². The van der Waals surface area contributed by atoms with E-state index in [4.69, 9.17) is 19.3 Å². The molecule has 1 saturated heterocycles. The van der Waals surface area contributed by atoms with E-state index >= 15 is 0 Å². The van der Waals surface area contributed by atoms with Crippen LogP contribution in [0, 0.1) is 11.3 Å². The molecule has 146 valence electrons. The molecule has 2 N–H and O–H groups in total. The minimum absolute atomic E-state index is 0.0544. The van der Waals surface area contributed by atoms with Gasteiger partial charge in [0.2, 0.25) is 0 Å². The van der Waals surface area contributed by atoms with Crippen LogP contribution in [0.1, 0.15) is 53.4 Å². The number of ether oxygens (including phenoxy) is 3. The second kappa shape index (κ2) is 9.12. The molecule has 6 heteroatoms. The van der Waals surface area contributed by atoms with Gasteiger partial charge >= 0.3 is 5.97 Å². The van der Waals surface area contributed by atoms with Gasteiger partial charge in [-0.3, -0.25) is 4.79 Å². The van der Waals surface area contributed by atoms with Crippen LogP contribution < -0.4 is 0 Å². The van der Waals surface area contributed by atoms with Gasteiger partial charge in [0.1, 0.15) is 5.92 Å². The Morgan fingerprint density at radius 1 is 1.44 bits per heavy atom. The van der Waals surface area contributed by atoms with Gasteiger partial charge in [-0.2, -0.15) is 0 Å². The zero-order valence-electron chi connectivity index (χ0n) is 16.4. The van der Waals surface area contributed by atoms with Gasteiger partial charge in [-0.1, -0.05) is 25.5 Å². The SMILES string of the molecule is COC(=O)C(C)[C@]1(OC)CCC[C@H](C(C)(C)C(O)/C=C(\C)CCO)O1. The lowest BCUT2D eigenvalue weighted by atomic mass is 9.75. The number of methoxy groups -OCH3 is 2. The van der Waals surface area contributed by atoms with Gasteiger partial charge in [-0.25, -0.2) is 0 Å². The molecule has 2 unspecified atom stereocenters. The van der Waals surface area contributed by atoms with Crippen molar-refractivity contribution >= 4 is 5.97 Å². The monoisotopic (exact) mass is 358 g/mol. The van der Waals surface area contributed by atoms with Crippen molar-refractivity contribution < 1.29 is 29.2 Å². The smallest absolute Gasteiger partial charge is 0.313 e. The largest absolute Gasteiger partial charge is 0.469 e. The zero-order valence-corrected chi connectivity index (χ0v) is 16.4.